The zero-order valence-corrected chi connectivity index (χ0v) is 36.9. The van der Waals surface area contributed by atoms with Crippen molar-refractivity contribution in [3.05, 3.63) is 154 Å². The summed E-state index contributed by atoms with van der Waals surface area (Å²) in [5, 5.41) is 12.0. The molecule has 5 atom stereocenters. The number of carbonyl (C=O) groups excluding carboxylic acids is 1. The molecule has 0 radical (unpaired) electrons. The van der Waals surface area contributed by atoms with Crippen molar-refractivity contribution in [3.63, 3.8) is 0 Å². The maximum atomic E-state index is 18.2. The van der Waals surface area contributed by atoms with E-state index in [1.165, 1.54) is 12.3 Å². The Kier molecular flexibility index (Phi) is 15.5. The van der Waals surface area contributed by atoms with Crippen LogP contribution in [0.5, 0.6) is 11.5 Å². The summed E-state index contributed by atoms with van der Waals surface area (Å²) in [6.07, 6.45) is 2.77. The summed E-state index contributed by atoms with van der Waals surface area (Å²) < 4.78 is 58.8. The molecule has 1 saturated heterocycles. The van der Waals surface area contributed by atoms with Gasteiger partial charge in [0, 0.05) is 23.8 Å². The highest BCUT2D eigenvalue weighted by atomic mass is 31.2. The number of benzene rings is 4. The molecule has 0 saturated carbocycles. The monoisotopic (exact) mass is 875 g/mol. The second kappa shape index (κ2) is 20.9. The molecule has 6 rings (SSSR count). The SMILES string of the molecule is C#C[C@@]1(F)[C@H](OP(OCCC#N)N(C(C)C)C(C)C)[C@@H](COC(c2ccccc2)(c2ccc(OC)cc2)c2ccc(OC)cc2)O[C@H]1n1ccc(NC(=O)c2ccccc2)nc1=O. The number of terminal acetylenes is 1. The van der Waals surface area contributed by atoms with Crippen molar-refractivity contribution < 1.29 is 37.2 Å². The van der Waals surface area contributed by atoms with Gasteiger partial charge in [0.1, 0.15) is 35.1 Å². The molecule has 15 heteroatoms. The molecule has 1 amide bonds. The van der Waals surface area contributed by atoms with Crippen LogP contribution in [0.15, 0.2) is 126 Å². The Morgan fingerprint density at radius 1 is 0.921 bits per heavy atom. The zero-order valence-electron chi connectivity index (χ0n) is 36.0. The summed E-state index contributed by atoms with van der Waals surface area (Å²) >= 11 is 0. The third kappa shape index (κ3) is 10.1. The summed E-state index contributed by atoms with van der Waals surface area (Å²) in [5.74, 6) is 2.96. The van der Waals surface area contributed by atoms with Gasteiger partial charge in [-0.25, -0.2) is 13.9 Å². The first-order chi connectivity index (χ1) is 30.4. The summed E-state index contributed by atoms with van der Waals surface area (Å²) in [7, 11) is 1.06. The highest BCUT2D eigenvalue weighted by Gasteiger charge is 2.61. The van der Waals surface area contributed by atoms with Crippen LogP contribution < -0.4 is 20.5 Å². The number of carbonyl (C=O) groups is 1. The number of methoxy groups -OCH3 is 2. The number of hydrogen-bond donors (Lipinski definition) is 1. The lowest BCUT2D eigenvalue weighted by atomic mass is 9.80. The Hall–Kier alpha value is -5.96. The van der Waals surface area contributed by atoms with Gasteiger partial charge >= 0.3 is 5.69 Å². The first kappa shape index (κ1) is 46.5. The quantitative estimate of drug-likeness (QED) is 0.0369. The van der Waals surface area contributed by atoms with Gasteiger partial charge in [-0.3, -0.25) is 9.36 Å². The van der Waals surface area contributed by atoms with E-state index in [1.54, 1.807) is 44.6 Å². The number of rotatable bonds is 19. The van der Waals surface area contributed by atoms with E-state index in [0.717, 1.165) is 10.1 Å². The topological polar surface area (TPSA) is 146 Å². The van der Waals surface area contributed by atoms with E-state index in [9.17, 15) is 14.9 Å². The number of amides is 1. The van der Waals surface area contributed by atoms with Crippen LogP contribution in [0.2, 0.25) is 0 Å². The van der Waals surface area contributed by atoms with E-state index in [0.29, 0.717) is 28.2 Å². The van der Waals surface area contributed by atoms with E-state index in [-0.39, 0.29) is 37.5 Å². The molecule has 1 N–H and O–H groups in total. The van der Waals surface area contributed by atoms with Crippen molar-refractivity contribution >= 4 is 20.3 Å². The Bertz CT molecular complexity index is 2370. The number of nitrogens with zero attached hydrogens (tertiary/aromatic N) is 4. The van der Waals surface area contributed by atoms with Crippen LogP contribution in [-0.2, 0) is 24.1 Å². The molecule has 1 aliphatic rings. The minimum atomic E-state index is -2.83. The molecule has 0 aliphatic carbocycles. The second-order valence-corrected chi connectivity index (χ2v) is 16.6. The van der Waals surface area contributed by atoms with Gasteiger partial charge in [0.05, 0.1) is 39.9 Å². The lowest BCUT2D eigenvalue weighted by Gasteiger charge is -2.39. The van der Waals surface area contributed by atoms with Gasteiger partial charge in [0.2, 0.25) is 5.67 Å². The highest BCUT2D eigenvalue weighted by molar-refractivity contribution is 7.44. The Balaban J connectivity index is 1.47. The van der Waals surface area contributed by atoms with Gasteiger partial charge in [0.15, 0.2) is 6.23 Å². The van der Waals surface area contributed by atoms with Gasteiger partial charge in [-0.15, -0.1) is 6.42 Å². The van der Waals surface area contributed by atoms with Crippen molar-refractivity contribution in [2.45, 2.75) is 75.9 Å². The number of halogens is 1. The minimum absolute atomic E-state index is 0.00272. The molecule has 0 bridgehead atoms. The number of nitrogens with one attached hydrogen (secondary N) is 1. The molecule has 328 valence electrons. The van der Waals surface area contributed by atoms with Gasteiger partial charge in [-0.05, 0) is 86.8 Å². The Morgan fingerprint density at radius 2 is 1.48 bits per heavy atom. The average molecular weight is 876 g/mol. The molecule has 0 spiro atoms. The van der Waals surface area contributed by atoms with Crippen LogP contribution in [-0.4, -0.2) is 77.5 Å². The van der Waals surface area contributed by atoms with Crippen molar-refractivity contribution in [3.8, 4) is 29.9 Å². The largest absolute Gasteiger partial charge is 0.497 e. The molecule has 1 unspecified atom stereocenters. The summed E-state index contributed by atoms with van der Waals surface area (Å²) in [6.45, 7) is 7.47. The third-order valence-electron chi connectivity index (χ3n) is 10.5. The van der Waals surface area contributed by atoms with E-state index in [2.05, 4.69) is 22.3 Å². The van der Waals surface area contributed by atoms with Crippen LogP contribution in [0.3, 0.4) is 0 Å². The van der Waals surface area contributed by atoms with Crippen molar-refractivity contribution in [2.24, 2.45) is 0 Å². The van der Waals surface area contributed by atoms with E-state index in [1.807, 2.05) is 111 Å². The predicted molar refractivity (Wildman–Crippen MR) is 238 cm³/mol. The van der Waals surface area contributed by atoms with Gasteiger partial charge in [-0.1, -0.05) is 78.7 Å². The molecule has 63 heavy (non-hydrogen) atoms. The number of alkyl halides is 1. The summed E-state index contributed by atoms with van der Waals surface area (Å²) in [5.41, 5.74) is -2.64. The van der Waals surface area contributed by atoms with Crippen molar-refractivity contribution in [2.75, 3.05) is 32.8 Å². The van der Waals surface area contributed by atoms with E-state index in [4.69, 9.17) is 34.4 Å². The van der Waals surface area contributed by atoms with Gasteiger partial charge < -0.3 is 33.3 Å². The van der Waals surface area contributed by atoms with Gasteiger partial charge in [-0.2, -0.15) is 10.2 Å². The van der Waals surface area contributed by atoms with E-state index < -0.39 is 49.8 Å². The molecular weight excluding hydrogens is 825 g/mol. The maximum absolute atomic E-state index is 18.2. The molecule has 1 aliphatic heterocycles. The smallest absolute Gasteiger partial charge is 0.351 e. The van der Waals surface area contributed by atoms with E-state index >= 15 is 4.39 Å². The minimum Gasteiger partial charge on any atom is -0.497 e. The standard InChI is InChI=1S/C48H51FN5O8P/c1-8-47(49)43(62-63(60-31-15-29-50)54(33(2)3)34(4)5)41(61-45(47)53-30-28-42(52-46(53)56)51-44(55)35-16-11-9-12-17-35)32-59-48(36-18-13-10-14-19-36,37-20-24-39(57-6)25-21-37)38-22-26-40(58-7)27-23-38/h1,9-14,16-28,30,33-34,41,43,45H,15,31-32H2,2-7H3,(H,51,52,55,56)/t41-,43-,45-,47-,63?/m1/s1. The van der Waals surface area contributed by atoms with Crippen molar-refractivity contribution in [1.29, 1.82) is 5.26 Å². The number of ether oxygens (including phenoxy) is 4. The molecule has 5 aromatic rings. The Labute approximate surface area is 368 Å². The third-order valence-corrected chi connectivity index (χ3v) is 12.6. The molecule has 2 heterocycles. The Morgan fingerprint density at radius 3 is 1.98 bits per heavy atom. The lowest BCUT2D eigenvalue weighted by Crippen LogP contribution is -2.47. The van der Waals surface area contributed by atoms with Crippen molar-refractivity contribution in [1.82, 2.24) is 14.2 Å². The van der Waals surface area contributed by atoms with Crippen LogP contribution >= 0.6 is 8.53 Å². The van der Waals surface area contributed by atoms with Gasteiger partial charge in [0.25, 0.3) is 14.4 Å². The first-order valence-electron chi connectivity index (χ1n) is 20.4. The highest BCUT2D eigenvalue weighted by Crippen LogP contribution is 2.54. The van der Waals surface area contributed by atoms with Crippen LogP contribution in [0.1, 0.15) is 67.4 Å². The zero-order chi connectivity index (χ0) is 45.1. The first-order valence-corrected chi connectivity index (χ1v) is 21.5. The summed E-state index contributed by atoms with van der Waals surface area (Å²) in [6, 6.07) is 35.9. The molecule has 13 nitrogen and oxygen atoms in total. The molecule has 1 aromatic heterocycles. The second-order valence-electron chi connectivity index (χ2n) is 15.1. The number of nitriles is 1. The van der Waals surface area contributed by atoms with Crippen LogP contribution in [0.4, 0.5) is 10.2 Å². The lowest BCUT2D eigenvalue weighted by molar-refractivity contribution is -0.0946. The fraction of sp³-hybridized carbons (Fsp3) is 0.333. The maximum Gasteiger partial charge on any atom is 0.351 e. The number of anilines is 1. The average Bonchev–Trinajstić information content (AvgIpc) is 3.57. The summed E-state index contributed by atoms with van der Waals surface area (Å²) in [4.78, 5) is 30.8. The fourth-order valence-corrected chi connectivity index (χ4v) is 9.34. The predicted octanol–water partition coefficient (Wildman–Crippen LogP) is 8.42. The number of aromatic nitrogens is 2. The molecule has 1 fully saturated rings. The normalized spacial score (nSPS) is 19.1. The molecule has 4 aromatic carbocycles. The van der Waals surface area contributed by atoms with Crippen LogP contribution in [0, 0.1) is 23.7 Å². The fourth-order valence-electron chi connectivity index (χ4n) is 7.55. The number of hydrogen-bond acceptors (Lipinski definition) is 11. The van der Waals surface area contributed by atoms with Crippen LogP contribution in [0.25, 0.3) is 0 Å². The molecular formula is C48H51FN5O8P.